The van der Waals surface area contributed by atoms with Gasteiger partial charge in [0.2, 0.25) is 5.91 Å². The van der Waals surface area contributed by atoms with E-state index in [0.29, 0.717) is 13.0 Å². The highest BCUT2D eigenvalue weighted by atomic mass is 35.5. The molecule has 1 spiro atoms. The van der Waals surface area contributed by atoms with Crippen molar-refractivity contribution in [1.82, 2.24) is 14.4 Å². The zero-order chi connectivity index (χ0) is 24.7. The van der Waals surface area contributed by atoms with Gasteiger partial charge in [0, 0.05) is 67.2 Å². The van der Waals surface area contributed by atoms with Gasteiger partial charge in [-0.2, -0.15) is 0 Å². The Bertz CT molecular complexity index is 1250. The summed E-state index contributed by atoms with van der Waals surface area (Å²) in [5.74, 6) is 1.05. The molecule has 35 heavy (non-hydrogen) atoms. The SMILES string of the molecule is CCC(=O)N1CCC2(CC1)CN(Cc1cccc(Cl)c1)[C@H](CO)c1c2c2ccc(OC)cc2n1C. The number of ether oxygens (including phenoxy) is 1. The van der Waals surface area contributed by atoms with Crippen LogP contribution in [0.4, 0.5) is 0 Å². The Labute approximate surface area is 212 Å². The number of methoxy groups -OCH3 is 1. The van der Waals surface area contributed by atoms with Gasteiger partial charge >= 0.3 is 0 Å². The van der Waals surface area contributed by atoms with Crippen LogP contribution in [0.2, 0.25) is 5.02 Å². The molecule has 1 amide bonds. The van der Waals surface area contributed by atoms with Gasteiger partial charge in [-0.3, -0.25) is 9.69 Å². The fourth-order valence-electron chi connectivity index (χ4n) is 6.31. The molecule has 7 heteroatoms. The van der Waals surface area contributed by atoms with E-state index < -0.39 is 0 Å². The summed E-state index contributed by atoms with van der Waals surface area (Å²) in [4.78, 5) is 16.9. The second kappa shape index (κ2) is 9.49. The molecule has 1 atom stereocenters. The molecule has 1 saturated heterocycles. The maximum Gasteiger partial charge on any atom is 0.222 e. The van der Waals surface area contributed by atoms with E-state index >= 15 is 0 Å². The van der Waals surface area contributed by atoms with Gasteiger partial charge in [-0.05, 0) is 48.2 Å². The third-order valence-electron chi connectivity index (χ3n) is 8.07. The number of likely N-dealkylation sites (tertiary alicyclic amines) is 1. The number of benzene rings is 2. The fourth-order valence-corrected chi connectivity index (χ4v) is 6.53. The number of aliphatic hydroxyl groups excluding tert-OH is 1. The van der Waals surface area contributed by atoms with Crippen molar-refractivity contribution in [3.8, 4) is 5.75 Å². The van der Waals surface area contributed by atoms with Gasteiger partial charge in [-0.15, -0.1) is 0 Å². The molecular weight excluding hydrogens is 462 g/mol. The largest absolute Gasteiger partial charge is 0.497 e. The Kier molecular flexibility index (Phi) is 6.55. The van der Waals surface area contributed by atoms with E-state index in [-0.39, 0.29) is 24.0 Å². The number of aryl methyl sites for hydroxylation is 1. The predicted octanol–water partition coefficient (Wildman–Crippen LogP) is 4.66. The monoisotopic (exact) mass is 495 g/mol. The second-order valence-corrected chi connectivity index (χ2v) is 10.4. The molecule has 5 rings (SSSR count). The van der Waals surface area contributed by atoms with E-state index in [1.165, 1.54) is 16.6 Å². The average Bonchev–Trinajstić information content (AvgIpc) is 3.17. The molecule has 0 bridgehead atoms. The Hall–Kier alpha value is -2.54. The molecule has 0 saturated carbocycles. The van der Waals surface area contributed by atoms with Crippen molar-refractivity contribution >= 4 is 28.4 Å². The number of aliphatic hydroxyl groups is 1. The summed E-state index contributed by atoms with van der Waals surface area (Å²) < 4.78 is 7.77. The number of nitrogens with zero attached hydrogens (tertiary/aromatic N) is 3. The first kappa shape index (κ1) is 24.2. The quantitative estimate of drug-likeness (QED) is 0.559. The maximum absolute atomic E-state index is 12.5. The molecule has 2 aliphatic heterocycles. The van der Waals surface area contributed by atoms with Crippen LogP contribution in [0.25, 0.3) is 10.9 Å². The molecule has 1 aromatic heterocycles. The zero-order valence-corrected chi connectivity index (χ0v) is 21.5. The van der Waals surface area contributed by atoms with Gasteiger partial charge in [-0.1, -0.05) is 30.7 Å². The summed E-state index contributed by atoms with van der Waals surface area (Å²) in [6, 6.07) is 14.1. The number of rotatable bonds is 5. The van der Waals surface area contributed by atoms with Gasteiger partial charge in [0.15, 0.2) is 0 Å². The lowest BCUT2D eigenvalue weighted by Gasteiger charge is -2.50. The first-order valence-electron chi connectivity index (χ1n) is 12.4. The Morgan fingerprint density at radius 3 is 2.63 bits per heavy atom. The van der Waals surface area contributed by atoms with E-state index in [9.17, 15) is 9.90 Å². The van der Waals surface area contributed by atoms with Crippen LogP contribution in [-0.4, -0.2) is 58.7 Å². The molecule has 0 radical (unpaired) electrons. The first-order chi connectivity index (χ1) is 16.9. The van der Waals surface area contributed by atoms with Crippen molar-refractivity contribution in [2.75, 3.05) is 33.4 Å². The molecule has 6 nitrogen and oxygen atoms in total. The van der Waals surface area contributed by atoms with Crippen molar-refractivity contribution in [3.05, 3.63) is 64.3 Å². The predicted molar refractivity (Wildman–Crippen MR) is 139 cm³/mol. The number of fused-ring (bicyclic) bond motifs is 4. The number of hydrogen-bond acceptors (Lipinski definition) is 4. The van der Waals surface area contributed by atoms with E-state index in [4.69, 9.17) is 16.3 Å². The second-order valence-electron chi connectivity index (χ2n) is 9.95. The van der Waals surface area contributed by atoms with Gasteiger partial charge < -0.3 is 19.3 Å². The minimum absolute atomic E-state index is 0.0331. The number of amides is 1. The van der Waals surface area contributed by atoms with Crippen LogP contribution in [0.1, 0.15) is 49.0 Å². The molecule has 3 heterocycles. The minimum Gasteiger partial charge on any atom is -0.497 e. The minimum atomic E-state index is -0.131. The number of halogens is 1. The molecular formula is C28H34ClN3O3. The third-order valence-corrected chi connectivity index (χ3v) is 8.30. The van der Waals surface area contributed by atoms with Gasteiger partial charge in [0.1, 0.15) is 5.75 Å². The van der Waals surface area contributed by atoms with Crippen molar-refractivity contribution in [2.24, 2.45) is 7.05 Å². The topological polar surface area (TPSA) is 57.9 Å². The Morgan fingerprint density at radius 2 is 1.97 bits per heavy atom. The lowest BCUT2D eigenvalue weighted by atomic mass is 9.68. The van der Waals surface area contributed by atoms with Crippen molar-refractivity contribution in [2.45, 2.75) is 44.2 Å². The Morgan fingerprint density at radius 1 is 1.20 bits per heavy atom. The third kappa shape index (κ3) is 4.11. The van der Waals surface area contributed by atoms with E-state index in [1.807, 2.05) is 36.1 Å². The first-order valence-corrected chi connectivity index (χ1v) is 12.8. The zero-order valence-electron chi connectivity index (χ0n) is 20.8. The van der Waals surface area contributed by atoms with Crippen LogP contribution < -0.4 is 4.74 Å². The van der Waals surface area contributed by atoms with Crippen LogP contribution >= 0.6 is 11.6 Å². The number of hydrogen-bond donors (Lipinski definition) is 1. The van der Waals surface area contributed by atoms with Crippen LogP contribution in [0.5, 0.6) is 5.75 Å². The van der Waals surface area contributed by atoms with E-state index in [1.54, 1.807) is 7.11 Å². The molecule has 1 fully saturated rings. The molecule has 2 aliphatic rings. The summed E-state index contributed by atoms with van der Waals surface area (Å²) in [6.45, 7) is 5.01. The lowest BCUT2D eigenvalue weighted by Crippen LogP contribution is -2.54. The van der Waals surface area contributed by atoms with Crippen molar-refractivity contribution in [1.29, 1.82) is 0 Å². The number of carbonyl (C=O) groups excluding carboxylic acids is 1. The van der Waals surface area contributed by atoms with Crippen LogP contribution in [0.3, 0.4) is 0 Å². The number of aromatic nitrogens is 1. The fraction of sp³-hybridized carbons (Fsp3) is 0.464. The normalized spacial score (nSPS) is 19.8. The summed E-state index contributed by atoms with van der Waals surface area (Å²) in [5, 5.41) is 12.6. The average molecular weight is 496 g/mol. The van der Waals surface area contributed by atoms with Crippen molar-refractivity contribution in [3.63, 3.8) is 0 Å². The molecule has 186 valence electrons. The highest BCUT2D eigenvalue weighted by molar-refractivity contribution is 6.30. The smallest absolute Gasteiger partial charge is 0.222 e. The van der Waals surface area contributed by atoms with Crippen LogP contribution in [0, 0.1) is 0 Å². The van der Waals surface area contributed by atoms with Crippen LogP contribution in [0.15, 0.2) is 42.5 Å². The Balaban J connectivity index is 1.64. The summed E-state index contributed by atoms with van der Waals surface area (Å²) in [6.07, 6.45) is 2.35. The lowest BCUT2D eigenvalue weighted by molar-refractivity contribution is -0.132. The number of carbonyl (C=O) groups is 1. The molecule has 0 aliphatic carbocycles. The molecule has 2 aromatic carbocycles. The van der Waals surface area contributed by atoms with Crippen LogP contribution in [-0.2, 0) is 23.8 Å². The van der Waals surface area contributed by atoms with Gasteiger partial charge in [-0.25, -0.2) is 0 Å². The summed E-state index contributed by atoms with van der Waals surface area (Å²) in [5.41, 5.74) is 4.65. The standard InChI is InChI=1S/C28H34ClN3O3/c1-4-25(34)31-12-10-28(11-13-31)18-32(16-19-6-5-7-20(29)14-19)24(17-33)27-26(28)22-9-8-21(35-3)15-23(22)30(27)2/h5-9,14-15,24,33H,4,10-13,16-18H2,1-3H3/t24-/m1/s1. The van der Waals surface area contributed by atoms with E-state index in [2.05, 4.69) is 34.7 Å². The highest BCUT2D eigenvalue weighted by Crippen LogP contribution is 2.50. The maximum atomic E-state index is 12.5. The van der Waals surface area contributed by atoms with Gasteiger partial charge in [0.05, 0.1) is 25.3 Å². The highest BCUT2D eigenvalue weighted by Gasteiger charge is 2.48. The van der Waals surface area contributed by atoms with Crippen molar-refractivity contribution < 1.29 is 14.6 Å². The molecule has 1 N–H and O–H groups in total. The molecule has 0 unspecified atom stereocenters. The van der Waals surface area contributed by atoms with E-state index in [0.717, 1.165) is 54.3 Å². The summed E-state index contributed by atoms with van der Waals surface area (Å²) >= 11 is 6.30. The molecule has 3 aromatic rings. The summed E-state index contributed by atoms with van der Waals surface area (Å²) in [7, 11) is 3.78. The van der Waals surface area contributed by atoms with Gasteiger partial charge in [0.25, 0.3) is 0 Å². The number of piperidine rings is 1.